The predicted molar refractivity (Wildman–Crippen MR) is 119 cm³/mol. The van der Waals surface area contributed by atoms with Gasteiger partial charge in [0.2, 0.25) is 5.99 Å². The molecular weight excluding hydrogens is 334 g/mol. The van der Waals surface area contributed by atoms with Crippen LogP contribution in [0.1, 0.15) is 103 Å². The predicted octanol–water partition coefficient (Wildman–Crippen LogP) is 7.50. The van der Waals surface area contributed by atoms with Gasteiger partial charge in [-0.05, 0) is 30.2 Å². The fraction of sp³-hybridized carbons (Fsp3) is 1.00. The van der Waals surface area contributed by atoms with E-state index in [0.717, 1.165) is 35.9 Å². The van der Waals surface area contributed by atoms with Gasteiger partial charge in [0, 0.05) is 6.61 Å². The average molecular weight is 374 g/mol. The molecule has 0 aromatic rings. The van der Waals surface area contributed by atoms with E-state index in [2.05, 4.69) is 11.6 Å². The molecule has 1 nitrogen and oxygen atoms in total. The lowest BCUT2D eigenvalue weighted by atomic mass is 9.38. The molecule has 4 heteroatoms. The Kier molecular flexibility index (Phi) is 7.81. The molecule has 4 aliphatic rings. The van der Waals surface area contributed by atoms with Crippen molar-refractivity contribution in [1.29, 1.82) is 0 Å². The average Bonchev–Trinajstić information content (AvgIpc) is 2.63. The molecule has 0 atom stereocenters. The van der Waals surface area contributed by atoms with Gasteiger partial charge in [-0.15, -0.1) is 0 Å². The molecule has 26 heavy (non-hydrogen) atoms. The van der Waals surface area contributed by atoms with Crippen LogP contribution in [0, 0.1) is 0 Å². The van der Waals surface area contributed by atoms with Crippen LogP contribution >= 0.6 is 11.6 Å². The monoisotopic (exact) mass is 374 g/mol. The second kappa shape index (κ2) is 10.3. The summed E-state index contributed by atoms with van der Waals surface area (Å²) in [5.41, 5.74) is 0. The van der Waals surface area contributed by atoms with Crippen LogP contribution in [-0.2, 0) is 4.65 Å². The van der Waals surface area contributed by atoms with Crippen LogP contribution in [0.3, 0.4) is 0 Å². The number of unbranched alkanes of at least 4 members (excludes halogenated alkanes) is 3. The lowest BCUT2D eigenvalue weighted by Crippen LogP contribution is -2.37. The third kappa shape index (κ3) is 5.07. The first-order chi connectivity index (χ1) is 12.9. The number of rotatable bonds is 9. The van der Waals surface area contributed by atoms with E-state index in [0.29, 0.717) is 6.92 Å². The molecular formula is C22H40B2OS. The van der Waals surface area contributed by atoms with Crippen molar-refractivity contribution in [2.75, 3.05) is 12.4 Å². The van der Waals surface area contributed by atoms with Crippen molar-refractivity contribution in [2.45, 2.75) is 126 Å². The van der Waals surface area contributed by atoms with Gasteiger partial charge in [-0.1, -0.05) is 102 Å². The van der Waals surface area contributed by atoms with Gasteiger partial charge in [0.25, 0.3) is 6.92 Å². The molecule has 4 aliphatic heterocycles. The highest BCUT2D eigenvalue weighted by Crippen LogP contribution is 2.50. The van der Waals surface area contributed by atoms with Crippen LogP contribution in [0.2, 0.25) is 23.3 Å². The van der Waals surface area contributed by atoms with Crippen LogP contribution in [-0.4, -0.2) is 25.3 Å². The fourth-order valence-electron chi connectivity index (χ4n) is 6.77. The molecule has 0 aliphatic carbocycles. The summed E-state index contributed by atoms with van der Waals surface area (Å²) in [5, 5.41) is 0. The Labute approximate surface area is 167 Å². The molecule has 0 radical (unpaired) electrons. The summed E-state index contributed by atoms with van der Waals surface area (Å²) in [5.74, 6) is 6.44. The van der Waals surface area contributed by atoms with Crippen LogP contribution in [0.4, 0.5) is 0 Å². The molecule has 4 rings (SSSR count). The van der Waals surface area contributed by atoms with Crippen LogP contribution in [0.15, 0.2) is 0 Å². The Hall–Kier alpha value is 0.440. The quantitative estimate of drug-likeness (QED) is 0.305. The highest BCUT2D eigenvalue weighted by Gasteiger charge is 2.41. The Morgan fingerprint density at radius 2 is 1.12 bits per heavy atom. The van der Waals surface area contributed by atoms with Crippen molar-refractivity contribution in [3.05, 3.63) is 0 Å². The number of hydrogen-bond acceptors (Lipinski definition) is 2. The first-order valence-electron chi connectivity index (χ1n) is 12.1. The molecule has 0 aromatic heterocycles. The molecule has 0 aromatic carbocycles. The van der Waals surface area contributed by atoms with Gasteiger partial charge < -0.3 is 4.65 Å². The Bertz CT molecular complexity index is 339. The molecule has 0 N–H and O–H groups in total. The lowest BCUT2D eigenvalue weighted by Gasteiger charge is -2.40. The van der Waals surface area contributed by atoms with E-state index in [1.165, 1.54) is 108 Å². The van der Waals surface area contributed by atoms with Gasteiger partial charge in [-0.2, -0.15) is 0 Å². The zero-order valence-electron chi connectivity index (χ0n) is 17.0. The summed E-state index contributed by atoms with van der Waals surface area (Å²) in [6.45, 7) is 1.68. The van der Waals surface area contributed by atoms with Crippen LogP contribution in [0.5, 0.6) is 0 Å². The fourth-order valence-corrected chi connectivity index (χ4v) is 8.50. The molecule has 0 unspecified atom stereocenters. The summed E-state index contributed by atoms with van der Waals surface area (Å²) in [7, 11) is 0. The van der Waals surface area contributed by atoms with Gasteiger partial charge in [0.15, 0.2) is 0 Å². The van der Waals surface area contributed by atoms with Crippen LogP contribution < -0.4 is 0 Å². The zero-order valence-corrected chi connectivity index (χ0v) is 17.8. The van der Waals surface area contributed by atoms with Crippen LogP contribution in [0.25, 0.3) is 0 Å². The van der Waals surface area contributed by atoms with Crippen molar-refractivity contribution < 1.29 is 4.65 Å². The van der Waals surface area contributed by atoms with Crippen molar-refractivity contribution in [3.63, 3.8) is 0 Å². The van der Waals surface area contributed by atoms with E-state index >= 15 is 0 Å². The molecule has 0 spiro atoms. The number of fused-ring (bicyclic) bond motifs is 4. The van der Waals surface area contributed by atoms with Crippen molar-refractivity contribution in [1.82, 2.24) is 0 Å². The van der Waals surface area contributed by atoms with Crippen molar-refractivity contribution in [3.8, 4) is 0 Å². The molecule has 4 heterocycles. The van der Waals surface area contributed by atoms with E-state index < -0.39 is 0 Å². The summed E-state index contributed by atoms with van der Waals surface area (Å²) < 4.78 is 6.40. The van der Waals surface area contributed by atoms with Gasteiger partial charge in [-0.25, -0.2) is 11.6 Å². The highest BCUT2D eigenvalue weighted by atomic mass is 32.2. The minimum Gasteiger partial charge on any atom is -0.435 e. The SMILES string of the molecule is C(CCCSB1C2CCCC1CCC2)CCOB1C2CCCC1CCC2. The first kappa shape index (κ1) is 19.7. The Balaban J connectivity index is 1.04. The van der Waals surface area contributed by atoms with E-state index in [1.54, 1.807) is 0 Å². The summed E-state index contributed by atoms with van der Waals surface area (Å²) >= 11 is 2.36. The first-order valence-corrected chi connectivity index (χ1v) is 13.2. The minimum atomic E-state index is 0.638. The van der Waals surface area contributed by atoms with Crippen molar-refractivity contribution >= 4 is 24.5 Å². The summed E-state index contributed by atoms with van der Waals surface area (Å²) in [6.07, 6.45) is 23.5. The Morgan fingerprint density at radius 1 is 0.615 bits per heavy atom. The molecule has 4 fully saturated rings. The molecule has 4 saturated heterocycles. The largest absolute Gasteiger partial charge is 0.435 e. The van der Waals surface area contributed by atoms with Gasteiger partial charge in [0.05, 0.1) is 0 Å². The van der Waals surface area contributed by atoms with Gasteiger partial charge in [0.1, 0.15) is 0 Å². The molecule has 146 valence electrons. The van der Waals surface area contributed by atoms with E-state index in [-0.39, 0.29) is 0 Å². The molecule has 4 bridgehead atoms. The lowest BCUT2D eigenvalue weighted by molar-refractivity contribution is 0.260. The maximum atomic E-state index is 6.40. The second-order valence-electron chi connectivity index (χ2n) is 9.85. The van der Waals surface area contributed by atoms with Gasteiger partial charge >= 0.3 is 0 Å². The number of hydrogen-bond donors (Lipinski definition) is 0. The smallest absolute Gasteiger partial charge is 0.299 e. The van der Waals surface area contributed by atoms with Crippen molar-refractivity contribution in [2.24, 2.45) is 0 Å². The topological polar surface area (TPSA) is 9.23 Å². The standard InChI is InChI=1S/C22H40B2OS/c1(3-17-25-23-19-9-5-10-20(23)12-6-11-19)2-4-18-26-24-21-13-7-14-22(24)16-8-15-21/h19-22H,1-18H2. The molecule has 0 amide bonds. The summed E-state index contributed by atoms with van der Waals surface area (Å²) in [4.78, 5) is 0. The normalized spacial score (nSPS) is 34.2. The van der Waals surface area contributed by atoms with E-state index in [4.69, 9.17) is 4.65 Å². The summed E-state index contributed by atoms with van der Waals surface area (Å²) in [6, 6.07) is 0. The highest BCUT2D eigenvalue weighted by molar-refractivity contribution is 8.25. The maximum absolute atomic E-state index is 6.40. The second-order valence-corrected chi connectivity index (χ2v) is 11.1. The zero-order chi connectivity index (χ0) is 17.6. The van der Waals surface area contributed by atoms with Gasteiger partial charge in [-0.3, -0.25) is 0 Å². The third-order valence-corrected chi connectivity index (χ3v) is 9.80. The third-order valence-electron chi connectivity index (χ3n) is 8.12. The van der Waals surface area contributed by atoms with E-state index in [1.807, 2.05) is 0 Å². The van der Waals surface area contributed by atoms with E-state index in [9.17, 15) is 0 Å². The Morgan fingerprint density at radius 3 is 1.69 bits per heavy atom. The minimum absolute atomic E-state index is 0.638. The molecule has 0 saturated carbocycles. The maximum Gasteiger partial charge on any atom is 0.299 e.